The summed E-state index contributed by atoms with van der Waals surface area (Å²) in [4.78, 5) is 17.4. The Morgan fingerprint density at radius 1 is 1.35 bits per heavy atom. The first-order chi connectivity index (χ1) is 7.71. The summed E-state index contributed by atoms with van der Waals surface area (Å²) in [5.41, 5.74) is 0.0132. The van der Waals surface area contributed by atoms with Crippen LogP contribution in [0, 0.1) is 17.3 Å². The molecule has 1 unspecified atom stereocenters. The highest BCUT2D eigenvalue weighted by atomic mass is 32.1. The molecule has 0 bridgehead atoms. The van der Waals surface area contributed by atoms with Crippen molar-refractivity contribution >= 4 is 17.1 Å². The van der Waals surface area contributed by atoms with Crippen molar-refractivity contribution in [1.82, 2.24) is 4.98 Å². The highest BCUT2D eigenvalue weighted by Crippen LogP contribution is 2.30. The Hall–Kier alpha value is -0.700. The van der Waals surface area contributed by atoms with E-state index in [1.807, 2.05) is 6.92 Å². The predicted molar refractivity (Wildman–Crippen MR) is 73.6 cm³/mol. The fourth-order valence-electron chi connectivity index (χ4n) is 1.47. The van der Waals surface area contributed by atoms with Crippen molar-refractivity contribution in [1.29, 1.82) is 0 Å². The highest BCUT2D eigenvalue weighted by Gasteiger charge is 2.28. The van der Waals surface area contributed by atoms with Crippen molar-refractivity contribution in [3.63, 3.8) is 0 Å². The largest absolute Gasteiger partial charge is 0.293 e. The van der Waals surface area contributed by atoms with E-state index in [9.17, 15) is 4.79 Å². The number of aromatic nitrogens is 1. The van der Waals surface area contributed by atoms with E-state index in [0.717, 1.165) is 16.3 Å². The van der Waals surface area contributed by atoms with Gasteiger partial charge in [-0.05, 0) is 11.3 Å². The standard InChI is InChI=1S/C14H23NOS/c1-9(2)7-12-15-8-11(17-12)13(16)10(3)14(4,5)6/h8-10H,7H2,1-6H3. The minimum absolute atomic E-state index is 0.0132. The van der Waals surface area contributed by atoms with Crippen LogP contribution in [0.5, 0.6) is 0 Å². The van der Waals surface area contributed by atoms with Crippen molar-refractivity contribution in [2.45, 2.75) is 48.0 Å². The van der Waals surface area contributed by atoms with Crippen molar-refractivity contribution in [3.05, 3.63) is 16.1 Å². The number of rotatable bonds is 4. The Labute approximate surface area is 108 Å². The van der Waals surface area contributed by atoms with Crippen LogP contribution in [-0.2, 0) is 6.42 Å². The maximum absolute atomic E-state index is 12.3. The fraction of sp³-hybridized carbons (Fsp3) is 0.714. The second kappa shape index (κ2) is 5.30. The van der Waals surface area contributed by atoms with Crippen LogP contribution in [0.4, 0.5) is 0 Å². The fourth-order valence-corrected chi connectivity index (χ4v) is 2.63. The Morgan fingerprint density at radius 3 is 2.41 bits per heavy atom. The lowest BCUT2D eigenvalue weighted by atomic mass is 9.79. The topological polar surface area (TPSA) is 30.0 Å². The summed E-state index contributed by atoms with van der Waals surface area (Å²) in [6, 6.07) is 0. The van der Waals surface area contributed by atoms with Gasteiger partial charge in [-0.25, -0.2) is 4.98 Å². The number of hydrogen-bond acceptors (Lipinski definition) is 3. The summed E-state index contributed by atoms with van der Waals surface area (Å²) in [6.45, 7) is 12.6. The molecule has 0 fully saturated rings. The quantitative estimate of drug-likeness (QED) is 0.752. The van der Waals surface area contributed by atoms with E-state index in [-0.39, 0.29) is 17.1 Å². The van der Waals surface area contributed by atoms with E-state index in [0.29, 0.717) is 5.92 Å². The minimum atomic E-state index is 0.0132. The number of thiazole rings is 1. The van der Waals surface area contributed by atoms with Gasteiger partial charge in [-0.15, -0.1) is 11.3 Å². The third-order valence-corrected chi connectivity index (χ3v) is 4.11. The maximum Gasteiger partial charge on any atom is 0.177 e. The van der Waals surface area contributed by atoms with Crippen molar-refractivity contribution < 1.29 is 4.79 Å². The average Bonchev–Trinajstić information content (AvgIpc) is 2.61. The molecule has 3 heteroatoms. The van der Waals surface area contributed by atoms with Crippen molar-refractivity contribution in [2.75, 3.05) is 0 Å². The molecule has 1 aromatic heterocycles. The molecule has 0 saturated carbocycles. The number of hydrogen-bond donors (Lipinski definition) is 0. The van der Waals surface area contributed by atoms with E-state index in [2.05, 4.69) is 39.6 Å². The Morgan fingerprint density at radius 2 is 1.94 bits per heavy atom. The summed E-state index contributed by atoms with van der Waals surface area (Å²) in [5, 5.41) is 1.07. The van der Waals surface area contributed by atoms with Crippen LogP contribution in [0.25, 0.3) is 0 Å². The van der Waals surface area contributed by atoms with Crippen LogP contribution in [0.2, 0.25) is 0 Å². The molecule has 17 heavy (non-hydrogen) atoms. The van der Waals surface area contributed by atoms with Gasteiger partial charge in [-0.1, -0.05) is 41.5 Å². The third kappa shape index (κ3) is 3.91. The summed E-state index contributed by atoms with van der Waals surface area (Å²) < 4.78 is 0. The van der Waals surface area contributed by atoms with Crippen LogP contribution in [0.3, 0.4) is 0 Å². The maximum atomic E-state index is 12.3. The average molecular weight is 253 g/mol. The lowest BCUT2D eigenvalue weighted by Gasteiger charge is -2.25. The summed E-state index contributed by atoms with van der Waals surface area (Å²) in [6.07, 6.45) is 2.70. The molecule has 1 heterocycles. The summed E-state index contributed by atoms with van der Waals surface area (Å²) in [7, 11) is 0. The van der Waals surface area contributed by atoms with E-state index in [1.165, 1.54) is 0 Å². The van der Waals surface area contributed by atoms with E-state index in [1.54, 1.807) is 17.5 Å². The van der Waals surface area contributed by atoms with Crippen LogP contribution in [0.15, 0.2) is 6.20 Å². The van der Waals surface area contributed by atoms with Gasteiger partial charge in [-0.3, -0.25) is 4.79 Å². The van der Waals surface area contributed by atoms with Gasteiger partial charge in [0.1, 0.15) is 0 Å². The smallest absolute Gasteiger partial charge is 0.177 e. The molecule has 96 valence electrons. The first-order valence-corrected chi connectivity index (χ1v) is 7.02. The Balaban J connectivity index is 2.80. The predicted octanol–water partition coefficient (Wildman–Crippen LogP) is 4.21. The molecule has 1 rings (SSSR count). The van der Waals surface area contributed by atoms with Gasteiger partial charge in [-0.2, -0.15) is 0 Å². The van der Waals surface area contributed by atoms with Gasteiger partial charge in [0.15, 0.2) is 5.78 Å². The first-order valence-electron chi connectivity index (χ1n) is 6.20. The molecule has 2 nitrogen and oxygen atoms in total. The zero-order valence-electron chi connectivity index (χ0n) is 11.7. The third-order valence-electron chi connectivity index (χ3n) is 3.07. The SMILES string of the molecule is CC(C)Cc1ncc(C(=O)C(C)C(C)(C)C)s1. The molecular formula is C14H23NOS. The summed E-state index contributed by atoms with van der Waals surface area (Å²) in [5.74, 6) is 0.851. The number of carbonyl (C=O) groups excluding carboxylic acids is 1. The lowest BCUT2D eigenvalue weighted by Crippen LogP contribution is -2.25. The van der Waals surface area contributed by atoms with Crippen molar-refractivity contribution in [3.8, 4) is 0 Å². The molecule has 0 aliphatic carbocycles. The van der Waals surface area contributed by atoms with E-state index >= 15 is 0 Å². The molecule has 0 aliphatic rings. The van der Waals surface area contributed by atoms with Crippen LogP contribution in [-0.4, -0.2) is 10.8 Å². The molecule has 0 spiro atoms. The second-order valence-corrected chi connectivity index (χ2v) is 7.28. The second-order valence-electron chi connectivity index (χ2n) is 6.17. The van der Waals surface area contributed by atoms with Crippen LogP contribution < -0.4 is 0 Å². The summed E-state index contributed by atoms with van der Waals surface area (Å²) >= 11 is 1.55. The minimum Gasteiger partial charge on any atom is -0.293 e. The molecule has 0 aromatic carbocycles. The van der Waals surface area contributed by atoms with Crippen molar-refractivity contribution in [2.24, 2.45) is 17.3 Å². The van der Waals surface area contributed by atoms with Gasteiger partial charge in [0.2, 0.25) is 0 Å². The first kappa shape index (κ1) is 14.4. The van der Waals surface area contributed by atoms with Crippen LogP contribution >= 0.6 is 11.3 Å². The van der Waals surface area contributed by atoms with Gasteiger partial charge < -0.3 is 0 Å². The Bertz CT molecular complexity index is 387. The number of Topliss-reactive ketones (excluding diaryl/α,β-unsaturated/α-hetero) is 1. The van der Waals surface area contributed by atoms with Gasteiger partial charge in [0.25, 0.3) is 0 Å². The van der Waals surface area contributed by atoms with Gasteiger partial charge in [0, 0.05) is 18.5 Å². The molecule has 0 amide bonds. The monoisotopic (exact) mass is 253 g/mol. The van der Waals surface area contributed by atoms with E-state index < -0.39 is 0 Å². The zero-order chi connectivity index (χ0) is 13.2. The van der Waals surface area contributed by atoms with Gasteiger partial charge in [0.05, 0.1) is 9.88 Å². The molecule has 1 aromatic rings. The molecular weight excluding hydrogens is 230 g/mol. The zero-order valence-corrected chi connectivity index (χ0v) is 12.5. The molecule has 0 saturated heterocycles. The number of nitrogens with zero attached hydrogens (tertiary/aromatic N) is 1. The molecule has 0 aliphatic heterocycles. The lowest BCUT2D eigenvalue weighted by molar-refractivity contribution is 0.0843. The highest BCUT2D eigenvalue weighted by molar-refractivity contribution is 7.13. The molecule has 0 N–H and O–H groups in total. The van der Waals surface area contributed by atoms with Gasteiger partial charge >= 0.3 is 0 Å². The molecule has 0 radical (unpaired) electrons. The van der Waals surface area contributed by atoms with E-state index in [4.69, 9.17) is 0 Å². The molecule has 1 atom stereocenters. The number of ketones is 1. The normalized spacial score (nSPS) is 14.1. The van der Waals surface area contributed by atoms with Crippen LogP contribution in [0.1, 0.15) is 56.2 Å². The number of carbonyl (C=O) groups is 1. The Kier molecular flexibility index (Phi) is 4.48.